The molecule has 1 heterocycles. The lowest BCUT2D eigenvalue weighted by molar-refractivity contribution is 0.192. The van der Waals surface area contributed by atoms with Crippen LogP contribution in [0.3, 0.4) is 0 Å². The Morgan fingerprint density at radius 3 is 2.67 bits per heavy atom. The van der Waals surface area contributed by atoms with Crippen LogP contribution in [0.15, 0.2) is 43.0 Å². The summed E-state index contributed by atoms with van der Waals surface area (Å²) in [4.78, 5) is 4.07. The zero-order valence-corrected chi connectivity index (χ0v) is 13.0. The lowest BCUT2D eigenvalue weighted by atomic mass is 10.1. The number of hydrogen-bond donors (Lipinski definition) is 1. The van der Waals surface area contributed by atoms with Crippen molar-refractivity contribution in [2.75, 3.05) is 20.3 Å². The number of unbranched alkanes of at least 4 members (excludes halogenated alkanes) is 2. The Balaban J connectivity index is 1.76. The second kappa shape index (κ2) is 8.60. The van der Waals surface area contributed by atoms with Gasteiger partial charge in [-0.3, -0.25) is 0 Å². The highest BCUT2D eigenvalue weighted by molar-refractivity contribution is 5.35. The topological polar surface area (TPSA) is 39.1 Å². The Hall–Kier alpha value is -1.65. The van der Waals surface area contributed by atoms with Gasteiger partial charge in [-0.2, -0.15) is 0 Å². The monoisotopic (exact) mass is 287 g/mol. The number of ether oxygens (including phenoxy) is 1. The van der Waals surface area contributed by atoms with Crippen molar-refractivity contribution in [3.8, 4) is 5.69 Å². The Morgan fingerprint density at radius 1 is 1.19 bits per heavy atom. The SMILES string of the molecule is COCCCCCNC(C)c1ccc(-n2ccnc2)cc1. The molecule has 1 unspecified atom stereocenters. The summed E-state index contributed by atoms with van der Waals surface area (Å²) in [5.74, 6) is 0. The number of methoxy groups -OCH3 is 1. The molecular formula is C17H25N3O. The van der Waals surface area contributed by atoms with Crippen LogP contribution in [0.25, 0.3) is 5.69 Å². The van der Waals surface area contributed by atoms with Crippen LogP contribution in [0.2, 0.25) is 0 Å². The number of hydrogen-bond acceptors (Lipinski definition) is 3. The van der Waals surface area contributed by atoms with Crippen molar-refractivity contribution >= 4 is 0 Å². The first-order valence-corrected chi connectivity index (χ1v) is 7.62. The second-order valence-electron chi connectivity index (χ2n) is 5.29. The minimum Gasteiger partial charge on any atom is -0.385 e. The number of nitrogens with zero attached hydrogens (tertiary/aromatic N) is 2. The van der Waals surface area contributed by atoms with Gasteiger partial charge in [-0.05, 0) is 50.4 Å². The van der Waals surface area contributed by atoms with Crippen LogP contribution in [0.5, 0.6) is 0 Å². The number of benzene rings is 1. The number of rotatable bonds is 9. The Kier molecular flexibility index (Phi) is 6.44. The highest BCUT2D eigenvalue weighted by Gasteiger charge is 2.04. The molecule has 21 heavy (non-hydrogen) atoms. The van der Waals surface area contributed by atoms with E-state index in [4.69, 9.17) is 4.74 Å². The van der Waals surface area contributed by atoms with Crippen LogP contribution in [-0.4, -0.2) is 29.8 Å². The van der Waals surface area contributed by atoms with Crippen molar-refractivity contribution in [1.29, 1.82) is 0 Å². The molecular weight excluding hydrogens is 262 g/mol. The van der Waals surface area contributed by atoms with Gasteiger partial charge in [0, 0.05) is 37.8 Å². The van der Waals surface area contributed by atoms with E-state index in [0.717, 1.165) is 25.3 Å². The standard InChI is InChI=1S/C17H25N3O/c1-15(19-10-4-3-5-13-21-2)16-6-8-17(9-7-16)20-12-11-18-14-20/h6-9,11-12,14-15,19H,3-5,10,13H2,1-2H3. The molecule has 114 valence electrons. The first-order chi connectivity index (χ1) is 10.3. The third-order valence-corrected chi connectivity index (χ3v) is 3.67. The summed E-state index contributed by atoms with van der Waals surface area (Å²) in [6.07, 6.45) is 9.12. The third-order valence-electron chi connectivity index (χ3n) is 3.67. The molecule has 0 aliphatic rings. The summed E-state index contributed by atoms with van der Waals surface area (Å²) in [6, 6.07) is 9.00. The van der Waals surface area contributed by atoms with Crippen LogP contribution in [-0.2, 0) is 4.74 Å². The summed E-state index contributed by atoms with van der Waals surface area (Å²) in [5, 5.41) is 3.57. The van der Waals surface area contributed by atoms with Crippen molar-refractivity contribution in [3.05, 3.63) is 48.5 Å². The predicted octanol–water partition coefficient (Wildman–Crippen LogP) is 3.34. The predicted molar refractivity (Wildman–Crippen MR) is 85.7 cm³/mol. The van der Waals surface area contributed by atoms with E-state index in [1.54, 1.807) is 13.3 Å². The average Bonchev–Trinajstić information content (AvgIpc) is 3.05. The van der Waals surface area contributed by atoms with E-state index in [2.05, 4.69) is 41.5 Å². The Morgan fingerprint density at radius 2 is 2.00 bits per heavy atom. The zero-order chi connectivity index (χ0) is 14.9. The van der Waals surface area contributed by atoms with E-state index in [1.807, 2.05) is 17.1 Å². The minimum absolute atomic E-state index is 0.379. The Bertz CT molecular complexity index is 493. The van der Waals surface area contributed by atoms with Gasteiger partial charge in [0.2, 0.25) is 0 Å². The average molecular weight is 287 g/mol. The molecule has 1 atom stereocenters. The van der Waals surface area contributed by atoms with E-state index in [-0.39, 0.29) is 0 Å². The zero-order valence-electron chi connectivity index (χ0n) is 13.0. The van der Waals surface area contributed by atoms with E-state index in [0.29, 0.717) is 6.04 Å². The fraction of sp³-hybridized carbons (Fsp3) is 0.471. The molecule has 4 heteroatoms. The number of aromatic nitrogens is 2. The molecule has 0 fully saturated rings. The molecule has 4 nitrogen and oxygen atoms in total. The van der Waals surface area contributed by atoms with E-state index >= 15 is 0 Å². The van der Waals surface area contributed by atoms with Gasteiger partial charge in [-0.25, -0.2) is 4.98 Å². The van der Waals surface area contributed by atoms with Crippen molar-refractivity contribution in [3.63, 3.8) is 0 Å². The summed E-state index contributed by atoms with van der Waals surface area (Å²) in [6.45, 7) is 4.13. The molecule has 0 aliphatic carbocycles. The summed E-state index contributed by atoms with van der Waals surface area (Å²) < 4.78 is 7.07. The summed E-state index contributed by atoms with van der Waals surface area (Å²) >= 11 is 0. The molecule has 2 aromatic rings. The first kappa shape index (κ1) is 15.7. The molecule has 1 aromatic carbocycles. The molecule has 2 rings (SSSR count). The van der Waals surface area contributed by atoms with Crippen LogP contribution >= 0.6 is 0 Å². The maximum absolute atomic E-state index is 5.05. The van der Waals surface area contributed by atoms with Gasteiger partial charge < -0.3 is 14.6 Å². The van der Waals surface area contributed by atoms with Gasteiger partial charge in [-0.1, -0.05) is 12.1 Å². The quantitative estimate of drug-likeness (QED) is 0.719. The molecule has 0 radical (unpaired) electrons. The van der Waals surface area contributed by atoms with Crippen molar-refractivity contribution < 1.29 is 4.74 Å². The van der Waals surface area contributed by atoms with Crippen molar-refractivity contribution in [2.24, 2.45) is 0 Å². The fourth-order valence-corrected chi connectivity index (χ4v) is 2.33. The number of nitrogens with one attached hydrogen (secondary N) is 1. The van der Waals surface area contributed by atoms with Crippen molar-refractivity contribution in [2.45, 2.75) is 32.2 Å². The summed E-state index contributed by atoms with van der Waals surface area (Å²) in [5.41, 5.74) is 2.46. The van der Waals surface area contributed by atoms with Crippen molar-refractivity contribution in [1.82, 2.24) is 14.9 Å². The van der Waals surface area contributed by atoms with Gasteiger partial charge >= 0.3 is 0 Å². The second-order valence-corrected chi connectivity index (χ2v) is 5.29. The summed E-state index contributed by atoms with van der Waals surface area (Å²) in [7, 11) is 1.76. The van der Waals surface area contributed by atoms with Crippen LogP contribution < -0.4 is 5.32 Å². The minimum atomic E-state index is 0.379. The molecule has 0 spiro atoms. The molecule has 0 amide bonds. The molecule has 0 saturated heterocycles. The first-order valence-electron chi connectivity index (χ1n) is 7.62. The maximum Gasteiger partial charge on any atom is 0.0991 e. The Labute approximate surface area is 127 Å². The van der Waals surface area contributed by atoms with E-state index < -0.39 is 0 Å². The van der Waals surface area contributed by atoms with Gasteiger partial charge in [0.15, 0.2) is 0 Å². The smallest absolute Gasteiger partial charge is 0.0991 e. The van der Waals surface area contributed by atoms with E-state index in [9.17, 15) is 0 Å². The molecule has 0 saturated carbocycles. The van der Waals surface area contributed by atoms with Gasteiger partial charge in [0.1, 0.15) is 0 Å². The highest BCUT2D eigenvalue weighted by atomic mass is 16.5. The lowest BCUT2D eigenvalue weighted by Gasteiger charge is -2.15. The van der Waals surface area contributed by atoms with Gasteiger partial charge in [0.25, 0.3) is 0 Å². The molecule has 0 aliphatic heterocycles. The molecule has 0 bridgehead atoms. The normalized spacial score (nSPS) is 12.5. The van der Waals surface area contributed by atoms with Gasteiger partial charge in [-0.15, -0.1) is 0 Å². The van der Waals surface area contributed by atoms with Crippen LogP contribution in [0.1, 0.15) is 37.8 Å². The van der Waals surface area contributed by atoms with Crippen LogP contribution in [0, 0.1) is 0 Å². The largest absolute Gasteiger partial charge is 0.385 e. The van der Waals surface area contributed by atoms with E-state index in [1.165, 1.54) is 18.4 Å². The lowest BCUT2D eigenvalue weighted by Crippen LogP contribution is -2.19. The molecule has 1 aromatic heterocycles. The number of imidazole rings is 1. The third kappa shape index (κ3) is 4.99. The maximum atomic E-state index is 5.05. The highest BCUT2D eigenvalue weighted by Crippen LogP contribution is 2.15. The van der Waals surface area contributed by atoms with Crippen LogP contribution in [0.4, 0.5) is 0 Å². The molecule has 1 N–H and O–H groups in total. The fourth-order valence-electron chi connectivity index (χ4n) is 2.33. The van der Waals surface area contributed by atoms with Gasteiger partial charge in [0.05, 0.1) is 6.33 Å².